The Kier molecular flexibility index (Phi) is 6.63. The molecule has 0 amide bonds. The molecule has 1 heterocycles. The van der Waals surface area contributed by atoms with E-state index in [1.165, 1.54) is 12.0 Å². The van der Waals surface area contributed by atoms with Gasteiger partial charge in [-0.15, -0.1) is 0 Å². The van der Waals surface area contributed by atoms with E-state index in [1.807, 2.05) is 0 Å². The molecule has 1 fully saturated rings. The molecule has 1 saturated heterocycles. The van der Waals surface area contributed by atoms with Crippen LogP contribution in [0.2, 0.25) is 0 Å². The molecule has 0 bridgehead atoms. The third-order valence-corrected chi connectivity index (χ3v) is 5.13. The number of hydrogen-bond donors (Lipinski definition) is 0. The summed E-state index contributed by atoms with van der Waals surface area (Å²) in [6.45, 7) is 6.58. The standard InChI is InChI=1S/C20H31NO/c1-16(9-10-18-7-5-4-6-8-18)15-17(2)20(22)19-11-13-21(3)14-12-19/h4-8,16-17,19H,9-15H2,1-3H3. The predicted octanol–water partition coefficient (Wildman–Crippen LogP) is 4.19. The summed E-state index contributed by atoms with van der Waals surface area (Å²) in [4.78, 5) is 14.9. The van der Waals surface area contributed by atoms with Gasteiger partial charge in [0.1, 0.15) is 5.78 Å². The molecule has 2 rings (SSSR count). The Morgan fingerprint density at radius 1 is 1.18 bits per heavy atom. The van der Waals surface area contributed by atoms with Crippen LogP contribution in [0.15, 0.2) is 30.3 Å². The van der Waals surface area contributed by atoms with E-state index in [-0.39, 0.29) is 5.92 Å². The molecule has 0 aromatic heterocycles. The van der Waals surface area contributed by atoms with Gasteiger partial charge >= 0.3 is 0 Å². The summed E-state index contributed by atoms with van der Waals surface area (Å²) in [6, 6.07) is 10.7. The number of aryl methyl sites for hydroxylation is 1. The van der Waals surface area contributed by atoms with Crippen molar-refractivity contribution in [2.75, 3.05) is 20.1 Å². The molecule has 2 unspecified atom stereocenters. The number of hydrogen-bond acceptors (Lipinski definition) is 2. The number of piperidine rings is 1. The summed E-state index contributed by atoms with van der Waals surface area (Å²) in [7, 11) is 2.15. The van der Waals surface area contributed by atoms with Crippen molar-refractivity contribution < 1.29 is 4.79 Å². The highest BCUT2D eigenvalue weighted by Crippen LogP contribution is 2.25. The van der Waals surface area contributed by atoms with E-state index in [2.05, 4.69) is 56.1 Å². The molecule has 122 valence electrons. The van der Waals surface area contributed by atoms with Crippen molar-refractivity contribution in [2.45, 2.75) is 46.0 Å². The van der Waals surface area contributed by atoms with Gasteiger partial charge in [-0.3, -0.25) is 4.79 Å². The third kappa shape index (κ3) is 5.24. The van der Waals surface area contributed by atoms with Gasteiger partial charge in [0.15, 0.2) is 0 Å². The molecule has 0 saturated carbocycles. The van der Waals surface area contributed by atoms with Crippen molar-refractivity contribution in [2.24, 2.45) is 17.8 Å². The van der Waals surface area contributed by atoms with Gasteiger partial charge in [0, 0.05) is 11.8 Å². The van der Waals surface area contributed by atoms with Crippen LogP contribution in [0.4, 0.5) is 0 Å². The zero-order chi connectivity index (χ0) is 15.9. The van der Waals surface area contributed by atoms with Gasteiger partial charge in [-0.25, -0.2) is 0 Å². The van der Waals surface area contributed by atoms with Crippen LogP contribution in [0.1, 0.15) is 45.1 Å². The van der Waals surface area contributed by atoms with Crippen molar-refractivity contribution in [3.8, 4) is 0 Å². The number of nitrogens with zero attached hydrogens (tertiary/aromatic N) is 1. The fourth-order valence-corrected chi connectivity index (χ4v) is 3.59. The van der Waals surface area contributed by atoms with Crippen LogP contribution in [0.5, 0.6) is 0 Å². The molecular weight excluding hydrogens is 270 g/mol. The molecular formula is C20H31NO. The van der Waals surface area contributed by atoms with Gasteiger partial charge in [-0.2, -0.15) is 0 Å². The minimum atomic E-state index is 0.221. The van der Waals surface area contributed by atoms with Crippen LogP contribution in [0.25, 0.3) is 0 Å². The van der Waals surface area contributed by atoms with E-state index in [0.717, 1.165) is 38.8 Å². The topological polar surface area (TPSA) is 20.3 Å². The van der Waals surface area contributed by atoms with Crippen molar-refractivity contribution in [1.29, 1.82) is 0 Å². The number of Topliss-reactive ketones (excluding diaryl/α,β-unsaturated/α-hetero) is 1. The summed E-state index contributed by atoms with van der Waals surface area (Å²) in [6.07, 6.45) is 5.44. The summed E-state index contributed by atoms with van der Waals surface area (Å²) in [5.74, 6) is 1.66. The van der Waals surface area contributed by atoms with Crippen LogP contribution in [0.3, 0.4) is 0 Å². The zero-order valence-corrected chi connectivity index (χ0v) is 14.4. The highest BCUT2D eigenvalue weighted by Gasteiger charge is 2.27. The first kappa shape index (κ1) is 17.2. The minimum Gasteiger partial charge on any atom is -0.306 e. The quantitative estimate of drug-likeness (QED) is 0.752. The fourth-order valence-electron chi connectivity index (χ4n) is 3.59. The molecule has 2 nitrogen and oxygen atoms in total. The van der Waals surface area contributed by atoms with Crippen LogP contribution in [-0.2, 0) is 11.2 Å². The van der Waals surface area contributed by atoms with Gasteiger partial charge < -0.3 is 4.90 Å². The molecule has 0 radical (unpaired) electrons. The molecule has 22 heavy (non-hydrogen) atoms. The predicted molar refractivity (Wildman–Crippen MR) is 92.9 cm³/mol. The molecule has 0 N–H and O–H groups in total. The van der Waals surface area contributed by atoms with Crippen LogP contribution in [-0.4, -0.2) is 30.8 Å². The molecule has 1 aliphatic heterocycles. The van der Waals surface area contributed by atoms with Gasteiger partial charge in [0.25, 0.3) is 0 Å². The SMILES string of the molecule is CC(CCc1ccccc1)CC(C)C(=O)C1CCN(C)CC1. The van der Waals surface area contributed by atoms with E-state index in [0.29, 0.717) is 17.6 Å². The molecule has 1 aliphatic rings. The second-order valence-electron chi connectivity index (χ2n) is 7.25. The Bertz CT molecular complexity index is 448. The molecule has 1 aromatic rings. The van der Waals surface area contributed by atoms with Crippen LogP contribution < -0.4 is 0 Å². The molecule has 1 aromatic carbocycles. The highest BCUT2D eigenvalue weighted by atomic mass is 16.1. The van der Waals surface area contributed by atoms with E-state index >= 15 is 0 Å². The summed E-state index contributed by atoms with van der Waals surface area (Å²) in [5, 5.41) is 0. The Morgan fingerprint density at radius 3 is 2.45 bits per heavy atom. The van der Waals surface area contributed by atoms with E-state index in [4.69, 9.17) is 0 Å². The second-order valence-corrected chi connectivity index (χ2v) is 7.25. The van der Waals surface area contributed by atoms with E-state index in [9.17, 15) is 4.79 Å². The Morgan fingerprint density at radius 2 is 1.82 bits per heavy atom. The van der Waals surface area contributed by atoms with Crippen molar-refractivity contribution >= 4 is 5.78 Å². The number of likely N-dealkylation sites (tertiary alicyclic amines) is 1. The number of rotatable bonds is 7. The maximum Gasteiger partial charge on any atom is 0.138 e. The lowest BCUT2D eigenvalue weighted by Gasteiger charge is -2.30. The maximum absolute atomic E-state index is 12.6. The number of ketones is 1. The Labute approximate surface area is 135 Å². The Hall–Kier alpha value is -1.15. The number of benzene rings is 1. The first-order chi connectivity index (χ1) is 10.6. The molecule has 2 heteroatoms. The first-order valence-electron chi connectivity index (χ1n) is 8.82. The van der Waals surface area contributed by atoms with Crippen LogP contribution >= 0.6 is 0 Å². The largest absolute Gasteiger partial charge is 0.306 e. The minimum absolute atomic E-state index is 0.221. The lowest BCUT2D eigenvalue weighted by atomic mass is 9.82. The van der Waals surface area contributed by atoms with Crippen LogP contribution in [0, 0.1) is 17.8 Å². The second kappa shape index (κ2) is 8.47. The summed E-state index contributed by atoms with van der Waals surface area (Å²) >= 11 is 0. The lowest BCUT2D eigenvalue weighted by molar-refractivity contribution is -0.128. The van der Waals surface area contributed by atoms with Gasteiger partial charge in [-0.1, -0.05) is 44.2 Å². The normalized spacial score (nSPS) is 19.8. The third-order valence-electron chi connectivity index (χ3n) is 5.13. The lowest BCUT2D eigenvalue weighted by Crippen LogP contribution is -2.35. The van der Waals surface area contributed by atoms with Crippen molar-refractivity contribution in [1.82, 2.24) is 4.90 Å². The smallest absolute Gasteiger partial charge is 0.138 e. The van der Waals surface area contributed by atoms with Crippen molar-refractivity contribution in [3.05, 3.63) is 35.9 Å². The van der Waals surface area contributed by atoms with E-state index in [1.54, 1.807) is 0 Å². The maximum atomic E-state index is 12.6. The van der Waals surface area contributed by atoms with E-state index < -0.39 is 0 Å². The van der Waals surface area contributed by atoms with Gasteiger partial charge in [0.2, 0.25) is 0 Å². The zero-order valence-electron chi connectivity index (χ0n) is 14.4. The summed E-state index contributed by atoms with van der Waals surface area (Å²) < 4.78 is 0. The highest BCUT2D eigenvalue weighted by molar-refractivity contribution is 5.83. The van der Waals surface area contributed by atoms with Gasteiger partial charge in [-0.05, 0) is 63.7 Å². The molecule has 0 spiro atoms. The average Bonchev–Trinajstić information content (AvgIpc) is 2.54. The van der Waals surface area contributed by atoms with Crippen molar-refractivity contribution in [3.63, 3.8) is 0 Å². The molecule has 0 aliphatic carbocycles. The molecule has 2 atom stereocenters. The monoisotopic (exact) mass is 301 g/mol. The summed E-state index contributed by atoms with van der Waals surface area (Å²) in [5.41, 5.74) is 1.41. The number of carbonyl (C=O) groups is 1. The first-order valence-corrected chi connectivity index (χ1v) is 8.82. The average molecular weight is 301 g/mol. The fraction of sp³-hybridized carbons (Fsp3) is 0.650. The number of carbonyl (C=O) groups excluding carboxylic acids is 1. The van der Waals surface area contributed by atoms with Gasteiger partial charge in [0.05, 0.1) is 0 Å². The Balaban J connectivity index is 1.73.